The van der Waals surface area contributed by atoms with Crippen LogP contribution in [0.2, 0.25) is 0 Å². The van der Waals surface area contributed by atoms with Gasteiger partial charge in [-0.3, -0.25) is 4.79 Å². The van der Waals surface area contributed by atoms with Gasteiger partial charge in [0.15, 0.2) is 9.84 Å². The van der Waals surface area contributed by atoms with E-state index in [1.807, 2.05) is 6.92 Å². The summed E-state index contributed by atoms with van der Waals surface area (Å²) >= 11 is 0. The van der Waals surface area contributed by atoms with Crippen LogP contribution in [0.15, 0.2) is 0 Å². The highest BCUT2D eigenvalue weighted by molar-refractivity contribution is 7.91. The molecule has 2 rings (SSSR count). The largest absolute Gasteiger partial charge is 0.338 e. The lowest BCUT2D eigenvalue weighted by molar-refractivity contribution is -0.133. The summed E-state index contributed by atoms with van der Waals surface area (Å²) in [5.74, 6) is 0.818. The summed E-state index contributed by atoms with van der Waals surface area (Å²) < 4.78 is 23.0. The highest BCUT2D eigenvalue weighted by Gasteiger charge is 2.33. The van der Waals surface area contributed by atoms with Gasteiger partial charge in [0.05, 0.1) is 11.5 Å². The molecule has 0 radical (unpaired) electrons. The number of hydrogen-bond donors (Lipinski definition) is 1. The van der Waals surface area contributed by atoms with E-state index in [2.05, 4.69) is 12.2 Å². The molecule has 2 fully saturated rings. The second-order valence-corrected chi connectivity index (χ2v) is 8.16. The average molecular weight is 288 g/mol. The molecule has 2 aliphatic heterocycles. The topological polar surface area (TPSA) is 66.5 Å². The number of nitrogens with one attached hydrogen (secondary N) is 1. The lowest BCUT2D eigenvalue weighted by Crippen LogP contribution is -2.52. The van der Waals surface area contributed by atoms with Gasteiger partial charge in [-0.25, -0.2) is 8.42 Å². The normalized spacial score (nSPS) is 35.1. The van der Waals surface area contributed by atoms with E-state index < -0.39 is 9.84 Å². The number of sulfone groups is 1. The van der Waals surface area contributed by atoms with Gasteiger partial charge < -0.3 is 10.2 Å². The van der Waals surface area contributed by atoms with Gasteiger partial charge in [-0.1, -0.05) is 6.92 Å². The van der Waals surface area contributed by atoms with Crippen molar-refractivity contribution in [2.24, 2.45) is 5.92 Å². The lowest BCUT2D eigenvalue weighted by atomic mass is 9.90. The van der Waals surface area contributed by atoms with Crippen LogP contribution in [0.4, 0.5) is 0 Å². The van der Waals surface area contributed by atoms with Crippen LogP contribution in [0, 0.1) is 5.92 Å². The number of carbonyl (C=O) groups excluding carboxylic acids is 1. The van der Waals surface area contributed by atoms with E-state index in [1.54, 1.807) is 4.90 Å². The van der Waals surface area contributed by atoms with Crippen LogP contribution in [0.3, 0.4) is 0 Å². The van der Waals surface area contributed by atoms with Crippen LogP contribution in [-0.2, 0) is 14.6 Å². The highest BCUT2D eigenvalue weighted by Crippen LogP contribution is 2.20. The highest BCUT2D eigenvalue weighted by atomic mass is 32.2. The summed E-state index contributed by atoms with van der Waals surface area (Å²) in [6.45, 7) is 5.33. The van der Waals surface area contributed by atoms with Crippen molar-refractivity contribution in [3.8, 4) is 0 Å². The summed E-state index contributed by atoms with van der Waals surface area (Å²) in [5, 5.41) is 3.40. The Hall–Kier alpha value is -0.620. The molecule has 2 aliphatic rings. The maximum atomic E-state index is 12.3. The smallest absolute Gasteiger partial charge is 0.224 e. The molecule has 1 amide bonds. The van der Waals surface area contributed by atoms with Crippen molar-refractivity contribution in [1.29, 1.82) is 0 Å². The molecule has 5 nitrogen and oxygen atoms in total. The fraction of sp³-hybridized carbons (Fsp3) is 0.923. The van der Waals surface area contributed by atoms with Crippen molar-refractivity contribution in [2.75, 3.05) is 24.6 Å². The van der Waals surface area contributed by atoms with E-state index in [4.69, 9.17) is 0 Å². The quantitative estimate of drug-likeness (QED) is 0.799. The molecule has 0 bridgehead atoms. The predicted molar refractivity (Wildman–Crippen MR) is 74.6 cm³/mol. The molecule has 0 aromatic carbocycles. The molecule has 6 heteroatoms. The van der Waals surface area contributed by atoms with Gasteiger partial charge in [-0.05, 0) is 32.2 Å². The number of carbonyl (C=O) groups is 1. The molecule has 0 aromatic heterocycles. The van der Waals surface area contributed by atoms with Crippen molar-refractivity contribution in [1.82, 2.24) is 10.2 Å². The van der Waals surface area contributed by atoms with E-state index in [-0.39, 0.29) is 29.5 Å². The first kappa shape index (κ1) is 14.8. The molecule has 0 aromatic rings. The van der Waals surface area contributed by atoms with Crippen molar-refractivity contribution in [3.63, 3.8) is 0 Å². The van der Waals surface area contributed by atoms with Gasteiger partial charge in [-0.2, -0.15) is 0 Å². The predicted octanol–water partition coefficient (Wildman–Crippen LogP) is 0.410. The van der Waals surface area contributed by atoms with Crippen LogP contribution in [0.25, 0.3) is 0 Å². The summed E-state index contributed by atoms with van der Waals surface area (Å²) in [7, 11) is -2.95. The first-order chi connectivity index (χ1) is 8.89. The summed E-state index contributed by atoms with van der Waals surface area (Å²) in [4.78, 5) is 14.1. The molecular weight excluding hydrogens is 264 g/mol. The molecule has 3 atom stereocenters. The van der Waals surface area contributed by atoms with E-state index in [0.717, 1.165) is 13.0 Å². The molecule has 2 saturated heterocycles. The Morgan fingerprint density at radius 2 is 2.11 bits per heavy atom. The second-order valence-electron chi connectivity index (χ2n) is 5.93. The van der Waals surface area contributed by atoms with E-state index in [0.29, 0.717) is 18.9 Å². The second kappa shape index (κ2) is 5.79. The Morgan fingerprint density at radius 1 is 1.37 bits per heavy atom. The average Bonchev–Trinajstić information content (AvgIpc) is 2.30. The Bertz CT molecular complexity index is 435. The Labute approximate surface area is 115 Å². The molecular formula is C13H24N2O3S. The van der Waals surface area contributed by atoms with Gasteiger partial charge in [0.1, 0.15) is 0 Å². The van der Waals surface area contributed by atoms with Gasteiger partial charge in [0.2, 0.25) is 5.91 Å². The Balaban J connectivity index is 1.93. The van der Waals surface area contributed by atoms with Crippen LogP contribution in [-0.4, -0.2) is 55.9 Å². The van der Waals surface area contributed by atoms with Crippen LogP contribution in [0.5, 0.6) is 0 Å². The number of hydrogen-bond acceptors (Lipinski definition) is 4. The zero-order valence-corrected chi connectivity index (χ0v) is 12.6. The Kier molecular flexibility index (Phi) is 4.50. The molecule has 3 unspecified atom stereocenters. The third kappa shape index (κ3) is 3.69. The minimum Gasteiger partial charge on any atom is -0.338 e. The molecule has 1 N–H and O–H groups in total. The van der Waals surface area contributed by atoms with Crippen molar-refractivity contribution >= 4 is 15.7 Å². The van der Waals surface area contributed by atoms with E-state index >= 15 is 0 Å². The first-order valence-corrected chi connectivity index (χ1v) is 8.94. The lowest BCUT2D eigenvalue weighted by Gasteiger charge is -2.36. The Morgan fingerprint density at radius 3 is 2.74 bits per heavy atom. The maximum absolute atomic E-state index is 12.3. The molecule has 110 valence electrons. The van der Waals surface area contributed by atoms with Crippen LogP contribution < -0.4 is 5.32 Å². The third-order valence-corrected chi connectivity index (χ3v) is 6.11. The van der Waals surface area contributed by atoms with Crippen LogP contribution >= 0.6 is 0 Å². The van der Waals surface area contributed by atoms with Gasteiger partial charge in [0.25, 0.3) is 0 Å². The number of amides is 1. The first-order valence-electron chi connectivity index (χ1n) is 7.12. The summed E-state index contributed by atoms with van der Waals surface area (Å²) in [6.07, 6.45) is 2.82. The van der Waals surface area contributed by atoms with E-state index in [1.165, 1.54) is 6.42 Å². The van der Waals surface area contributed by atoms with Crippen molar-refractivity contribution in [2.45, 2.75) is 45.2 Å². The minimum atomic E-state index is -2.95. The third-order valence-electron chi connectivity index (χ3n) is 4.31. The zero-order valence-electron chi connectivity index (χ0n) is 11.8. The van der Waals surface area contributed by atoms with E-state index in [9.17, 15) is 13.2 Å². The zero-order chi connectivity index (χ0) is 14.0. The van der Waals surface area contributed by atoms with Crippen molar-refractivity contribution < 1.29 is 13.2 Å². The maximum Gasteiger partial charge on any atom is 0.224 e. The SMILES string of the molecule is CC1CCCNC1CC(=O)N1CCS(=O)(=O)CC1C. The fourth-order valence-corrected chi connectivity index (χ4v) is 4.62. The molecule has 0 spiro atoms. The number of rotatable bonds is 2. The fourth-order valence-electron chi connectivity index (χ4n) is 3.06. The summed E-state index contributed by atoms with van der Waals surface area (Å²) in [5.41, 5.74) is 0. The summed E-state index contributed by atoms with van der Waals surface area (Å²) in [6, 6.07) is 0.0529. The van der Waals surface area contributed by atoms with Gasteiger partial charge >= 0.3 is 0 Å². The number of nitrogens with zero attached hydrogens (tertiary/aromatic N) is 1. The minimum absolute atomic E-state index is 0.0913. The van der Waals surface area contributed by atoms with Crippen molar-refractivity contribution in [3.05, 3.63) is 0 Å². The monoisotopic (exact) mass is 288 g/mol. The molecule has 2 heterocycles. The molecule has 0 aliphatic carbocycles. The molecule has 0 saturated carbocycles. The standard InChI is InChI=1S/C13H24N2O3S/c1-10-4-3-5-14-12(10)8-13(16)15-6-7-19(17,18)9-11(15)2/h10-12,14H,3-9H2,1-2H3. The molecule has 19 heavy (non-hydrogen) atoms. The number of piperidine rings is 1. The van der Waals surface area contributed by atoms with Gasteiger partial charge in [0, 0.05) is 25.0 Å². The van der Waals surface area contributed by atoms with Crippen LogP contribution in [0.1, 0.15) is 33.1 Å². The van der Waals surface area contributed by atoms with Gasteiger partial charge in [-0.15, -0.1) is 0 Å².